The standard InChI is InChI=1S/C13H12ClNO2/c1-3-17-11-6-4-5-9-10(11)7-12(14)15-13(9)8(2)16/h4-7H,3H2,1-2H3. The van der Waals surface area contributed by atoms with Crippen LogP contribution in [-0.2, 0) is 0 Å². The van der Waals surface area contributed by atoms with E-state index in [2.05, 4.69) is 4.98 Å². The zero-order valence-electron chi connectivity index (χ0n) is 9.66. The van der Waals surface area contributed by atoms with E-state index >= 15 is 0 Å². The minimum atomic E-state index is -0.105. The Balaban J connectivity index is 2.78. The number of aromatic nitrogens is 1. The highest BCUT2D eigenvalue weighted by Gasteiger charge is 2.12. The molecule has 1 heterocycles. The Bertz CT molecular complexity index is 581. The fraction of sp³-hybridized carbons (Fsp3) is 0.231. The summed E-state index contributed by atoms with van der Waals surface area (Å²) in [5, 5.41) is 1.89. The Morgan fingerprint density at radius 2 is 2.18 bits per heavy atom. The number of hydrogen-bond acceptors (Lipinski definition) is 3. The number of nitrogens with zero attached hydrogens (tertiary/aromatic N) is 1. The van der Waals surface area contributed by atoms with Crippen LogP contribution in [0.3, 0.4) is 0 Å². The van der Waals surface area contributed by atoms with Crippen molar-refractivity contribution < 1.29 is 9.53 Å². The molecule has 0 aliphatic rings. The number of benzene rings is 1. The lowest BCUT2D eigenvalue weighted by molar-refractivity contribution is 0.101. The lowest BCUT2D eigenvalue weighted by Gasteiger charge is -2.09. The lowest BCUT2D eigenvalue weighted by atomic mass is 10.1. The van der Waals surface area contributed by atoms with Crippen LogP contribution in [0.15, 0.2) is 24.3 Å². The van der Waals surface area contributed by atoms with Gasteiger partial charge in [-0.1, -0.05) is 23.7 Å². The van der Waals surface area contributed by atoms with E-state index in [-0.39, 0.29) is 5.78 Å². The number of carbonyl (C=O) groups excluding carboxylic acids is 1. The second-order valence-electron chi connectivity index (χ2n) is 3.63. The molecule has 1 aromatic carbocycles. The van der Waals surface area contributed by atoms with Crippen LogP contribution in [0.5, 0.6) is 5.75 Å². The summed E-state index contributed by atoms with van der Waals surface area (Å²) in [6, 6.07) is 7.26. The maximum absolute atomic E-state index is 11.5. The van der Waals surface area contributed by atoms with E-state index < -0.39 is 0 Å². The average molecular weight is 250 g/mol. The van der Waals surface area contributed by atoms with Crippen molar-refractivity contribution in [1.82, 2.24) is 4.98 Å². The summed E-state index contributed by atoms with van der Waals surface area (Å²) >= 11 is 5.92. The maximum atomic E-state index is 11.5. The van der Waals surface area contributed by atoms with Crippen molar-refractivity contribution in [3.63, 3.8) is 0 Å². The van der Waals surface area contributed by atoms with Crippen LogP contribution >= 0.6 is 11.6 Å². The van der Waals surface area contributed by atoms with Gasteiger partial charge in [-0.05, 0) is 19.1 Å². The summed E-state index contributed by atoms with van der Waals surface area (Å²) < 4.78 is 5.51. The number of fused-ring (bicyclic) bond motifs is 1. The maximum Gasteiger partial charge on any atom is 0.178 e. The minimum Gasteiger partial charge on any atom is -0.493 e. The number of halogens is 1. The molecule has 88 valence electrons. The van der Waals surface area contributed by atoms with Gasteiger partial charge in [-0.3, -0.25) is 4.79 Å². The number of ketones is 1. The Labute approximate surface area is 104 Å². The van der Waals surface area contributed by atoms with E-state index in [0.29, 0.717) is 17.5 Å². The number of Topliss-reactive ketones (excluding diaryl/α,β-unsaturated/α-hetero) is 1. The summed E-state index contributed by atoms with van der Waals surface area (Å²) in [6.45, 7) is 3.95. The van der Waals surface area contributed by atoms with Crippen molar-refractivity contribution in [1.29, 1.82) is 0 Å². The third-order valence-electron chi connectivity index (χ3n) is 2.44. The van der Waals surface area contributed by atoms with Crippen molar-refractivity contribution in [2.45, 2.75) is 13.8 Å². The normalized spacial score (nSPS) is 10.5. The van der Waals surface area contributed by atoms with Crippen molar-refractivity contribution in [3.05, 3.63) is 35.1 Å². The Morgan fingerprint density at radius 1 is 1.41 bits per heavy atom. The quantitative estimate of drug-likeness (QED) is 0.617. The molecule has 0 amide bonds. The largest absolute Gasteiger partial charge is 0.493 e. The number of hydrogen-bond donors (Lipinski definition) is 0. The first kappa shape index (κ1) is 11.9. The van der Waals surface area contributed by atoms with Crippen LogP contribution in [0.2, 0.25) is 5.15 Å². The zero-order valence-corrected chi connectivity index (χ0v) is 10.4. The Kier molecular flexibility index (Phi) is 3.29. The molecule has 17 heavy (non-hydrogen) atoms. The molecule has 3 nitrogen and oxygen atoms in total. The first-order valence-electron chi connectivity index (χ1n) is 5.36. The molecule has 0 radical (unpaired) electrons. The Morgan fingerprint density at radius 3 is 2.82 bits per heavy atom. The molecular weight excluding hydrogens is 238 g/mol. The van der Waals surface area contributed by atoms with Gasteiger partial charge in [0, 0.05) is 17.7 Å². The van der Waals surface area contributed by atoms with Crippen LogP contribution in [0.25, 0.3) is 10.8 Å². The molecule has 0 saturated heterocycles. The highest BCUT2D eigenvalue weighted by atomic mass is 35.5. The fourth-order valence-corrected chi connectivity index (χ4v) is 1.96. The van der Waals surface area contributed by atoms with Crippen LogP contribution in [0.4, 0.5) is 0 Å². The molecule has 2 rings (SSSR count). The molecule has 0 unspecified atom stereocenters. The lowest BCUT2D eigenvalue weighted by Crippen LogP contribution is -2.00. The highest BCUT2D eigenvalue weighted by Crippen LogP contribution is 2.29. The first-order chi connectivity index (χ1) is 8.13. The molecule has 4 heteroatoms. The monoisotopic (exact) mass is 249 g/mol. The van der Waals surface area contributed by atoms with E-state index in [9.17, 15) is 4.79 Å². The van der Waals surface area contributed by atoms with Gasteiger partial charge in [0.2, 0.25) is 0 Å². The summed E-state index contributed by atoms with van der Waals surface area (Å²) in [5.41, 5.74) is 0.383. The molecule has 0 atom stereocenters. The van der Waals surface area contributed by atoms with E-state index in [1.54, 1.807) is 6.07 Å². The van der Waals surface area contributed by atoms with Gasteiger partial charge in [0.05, 0.1) is 6.61 Å². The van der Waals surface area contributed by atoms with E-state index in [1.165, 1.54) is 6.92 Å². The van der Waals surface area contributed by atoms with E-state index in [4.69, 9.17) is 16.3 Å². The average Bonchev–Trinajstić information content (AvgIpc) is 2.29. The zero-order chi connectivity index (χ0) is 12.4. The Hall–Kier alpha value is -1.61. The smallest absolute Gasteiger partial charge is 0.178 e. The highest BCUT2D eigenvalue weighted by molar-refractivity contribution is 6.30. The fourth-order valence-electron chi connectivity index (χ4n) is 1.77. The van der Waals surface area contributed by atoms with Gasteiger partial charge in [0.25, 0.3) is 0 Å². The minimum absolute atomic E-state index is 0.105. The number of carbonyl (C=O) groups is 1. The predicted octanol–water partition coefficient (Wildman–Crippen LogP) is 3.49. The van der Waals surface area contributed by atoms with E-state index in [0.717, 1.165) is 16.5 Å². The van der Waals surface area contributed by atoms with Crippen molar-refractivity contribution in [3.8, 4) is 5.75 Å². The molecule has 0 saturated carbocycles. The second-order valence-corrected chi connectivity index (χ2v) is 4.02. The molecule has 0 bridgehead atoms. The van der Waals surface area contributed by atoms with Gasteiger partial charge in [-0.15, -0.1) is 0 Å². The molecule has 2 aromatic rings. The first-order valence-corrected chi connectivity index (χ1v) is 5.74. The van der Waals surface area contributed by atoms with Gasteiger partial charge in [0.1, 0.15) is 16.6 Å². The summed E-state index contributed by atoms with van der Waals surface area (Å²) in [5.74, 6) is 0.614. The van der Waals surface area contributed by atoms with E-state index in [1.807, 2.05) is 25.1 Å². The second kappa shape index (κ2) is 4.72. The molecule has 0 aliphatic heterocycles. The molecule has 0 fully saturated rings. The number of rotatable bonds is 3. The third kappa shape index (κ3) is 2.24. The van der Waals surface area contributed by atoms with Gasteiger partial charge < -0.3 is 4.74 Å². The molecule has 0 aliphatic carbocycles. The molecule has 1 aromatic heterocycles. The van der Waals surface area contributed by atoms with Crippen molar-refractivity contribution >= 4 is 28.2 Å². The molecule has 0 spiro atoms. The summed E-state index contributed by atoms with van der Waals surface area (Å²) in [7, 11) is 0. The van der Waals surface area contributed by atoms with Crippen LogP contribution in [0, 0.1) is 0 Å². The molecule has 0 N–H and O–H groups in total. The van der Waals surface area contributed by atoms with Gasteiger partial charge >= 0.3 is 0 Å². The predicted molar refractivity (Wildman–Crippen MR) is 67.9 cm³/mol. The summed E-state index contributed by atoms with van der Waals surface area (Å²) in [4.78, 5) is 15.6. The SMILES string of the molecule is CCOc1cccc2c(C(C)=O)nc(Cl)cc12. The van der Waals surface area contributed by atoms with Gasteiger partial charge in [-0.2, -0.15) is 0 Å². The van der Waals surface area contributed by atoms with Crippen LogP contribution < -0.4 is 4.74 Å². The third-order valence-corrected chi connectivity index (χ3v) is 2.63. The summed E-state index contributed by atoms with van der Waals surface area (Å²) in [6.07, 6.45) is 0. The van der Waals surface area contributed by atoms with Gasteiger partial charge in [0.15, 0.2) is 5.78 Å². The topological polar surface area (TPSA) is 39.2 Å². The number of ether oxygens (including phenoxy) is 1. The van der Waals surface area contributed by atoms with Crippen molar-refractivity contribution in [2.75, 3.05) is 6.61 Å². The van der Waals surface area contributed by atoms with Crippen molar-refractivity contribution in [2.24, 2.45) is 0 Å². The van der Waals surface area contributed by atoms with Crippen LogP contribution in [-0.4, -0.2) is 17.4 Å². The van der Waals surface area contributed by atoms with Gasteiger partial charge in [-0.25, -0.2) is 4.98 Å². The van der Waals surface area contributed by atoms with Crippen LogP contribution in [0.1, 0.15) is 24.3 Å². The number of pyridine rings is 1. The molecular formula is C13H12ClNO2.